The number of nitrogens with zero attached hydrogens (tertiary/aromatic N) is 6. The minimum Gasteiger partial charge on any atom is -0.273 e. The van der Waals surface area contributed by atoms with Crippen molar-refractivity contribution in [3.8, 4) is 0 Å². The van der Waals surface area contributed by atoms with Crippen LogP contribution in [-0.4, -0.2) is 36.1 Å². The third-order valence-electron chi connectivity index (χ3n) is 8.36. The minimum absolute atomic E-state index is 0. The fourth-order valence-electron chi connectivity index (χ4n) is 4.86. The summed E-state index contributed by atoms with van der Waals surface area (Å²) in [5.41, 5.74) is 13.5. The first kappa shape index (κ1) is 38.9. The van der Waals surface area contributed by atoms with Crippen LogP contribution in [0.1, 0.15) is 50.5 Å². The average Bonchev–Trinajstić information content (AvgIpc) is 3.56. The van der Waals surface area contributed by atoms with E-state index in [1.165, 1.54) is 33.8 Å². The van der Waals surface area contributed by atoms with Crippen molar-refractivity contribution in [2.45, 2.75) is 41.5 Å². The molecule has 3 heterocycles. The Morgan fingerprint density at radius 3 is 0.766 bits per heavy atom. The van der Waals surface area contributed by atoms with Crippen LogP contribution in [0.3, 0.4) is 0 Å². The van der Waals surface area contributed by atoms with E-state index in [2.05, 4.69) is 62.3 Å². The van der Waals surface area contributed by atoms with Crippen LogP contribution in [-0.2, 0) is 42.9 Å². The maximum absolute atomic E-state index is 4.84. The zero-order chi connectivity index (χ0) is 34.0. The first-order chi connectivity index (χ1) is 21.8. The average molecular weight is 660 g/mol. The molecule has 0 atom stereocenters. The van der Waals surface area contributed by atoms with Crippen LogP contribution in [0.25, 0.3) is 0 Å². The Balaban J connectivity index is 0.000000280. The van der Waals surface area contributed by atoms with Crippen molar-refractivity contribution in [1.29, 1.82) is 0 Å². The molecule has 8 heteroatoms. The first-order valence-electron chi connectivity index (χ1n) is 15.4. The van der Waals surface area contributed by atoms with Crippen LogP contribution in [0.15, 0.2) is 91.0 Å². The Bertz CT molecular complexity index is 1590. The van der Waals surface area contributed by atoms with Gasteiger partial charge in [-0.3, -0.25) is 14.0 Å². The van der Waals surface area contributed by atoms with Crippen molar-refractivity contribution in [3.05, 3.63) is 162 Å². The van der Waals surface area contributed by atoms with Gasteiger partial charge in [-0.15, -0.1) is 36.4 Å². The van der Waals surface area contributed by atoms with Crippen LogP contribution >= 0.6 is 0 Å². The number of rotatable bonds is 3. The van der Waals surface area contributed by atoms with E-state index in [1.807, 2.05) is 126 Å². The molecular formula is C39H48BN6Ti. The molecule has 6 aromatic rings. The summed E-state index contributed by atoms with van der Waals surface area (Å²) >= 11 is 0. The molecule has 6 rings (SSSR count). The van der Waals surface area contributed by atoms with Gasteiger partial charge in [0.05, 0.1) is 0 Å². The summed E-state index contributed by atoms with van der Waals surface area (Å²) in [6.45, 7) is 23.8. The Morgan fingerprint density at radius 1 is 0.426 bits per heavy atom. The molecule has 3 aromatic heterocycles. The van der Waals surface area contributed by atoms with E-state index in [0.717, 1.165) is 33.5 Å². The van der Waals surface area contributed by atoms with E-state index in [9.17, 15) is 0 Å². The van der Waals surface area contributed by atoms with Crippen LogP contribution in [0, 0.1) is 62.3 Å². The van der Waals surface area contributed by atoms with Crippen molar-refractivity contribution >= 4 is 23.5 Å². The van der Waals surface area contributed by atoms with Gasteiger partial charge >= 0.3 is 28.4 Å². The maximum atomic E-state index is 4.84. The van der Waals surface area contributed by atoms with E-state index in [1.54, 1.807) is 0 Å². The zero-order valence-corrected chi connectivity index (χ0v) is 31.1. The number of benzene rings is 3. The first-order valence-corrected chi connectivity index (χ1v) is 15.4. The second-order valence-corrected chi connectivity index (χ2v) is 11.5. The molecule has 0 aliphatic carbocycles. The van der Waals surface area contributed by atoms with Crippen LogP contribution in [0.2, 0.25) is 0 Å². The smallest absolute Gasteiger partial charge is 0.273 e. The van der Waals surface area contributed by atoms with Gasteiger partial charge in [-0.05, 0) is 58.2 Å². The molecule has 0 amide bonds. The largest absolute Gasteiger partial charge is 3.00 e. The molecule has 0 N–H and O–H groups in total. The quantitative estimate of drug-likeness (QED) is 0.177. The molecule has 0 saturated heterocycles. The molecule has 1 radical (unpaired) electrons. The van der Waals surface area contributed by atoms with Crippen LogP contribution < -0.4 is 16.8 Å². The molecule has 0 unspecified atom stereocenters. The Hall–Kier alpha value is -4.32. The van der Waals surface area contributed by atoms with Gasteiger partial charge in [0.15, 0.2) is 0 Å². The molecule has 0 aliphatic rings. The van der Waals surface area contributed by atoms with Crippen molar-refractivity contribution in [2.24, 2.45) is 21.1 Å². The topological polar surface area (TPSA) is 53.5 Å². The van der Waals surface area contributed by atoms with Gasteiger partial charge in [0.1, 0.15) is 0 Å². The summed E-state index contributed by atoms with van der Waals surface area (Å²) in [6, 6.07) is 29.6. The normalized spacial score (nSPS) is 9.89. The minimum atomic E-state index is -0.0558. The Labute approximate surface area is 298 Å². The van der Waals surface area contributed by atoms with Crippen molar-refractivity contribution in [2.75, 3.05) is 0 Å². The monoisotopic (exact) mass is 659 g/mol. The predicted octanol–water partition coefficient (Wildman–Crippen LogP) is 5.86. The second kappa shape index (κ2) is 18.1. The number of aromatic nitrogens is 6. The van der Waals surface area contributed by atoms with E-state index in [4.69, 9.17) is 15.3 Å². The fourth-order valence-corrected chi connectivity index (χ4v) is 4.86. The van der Waals surface area contributed by atoms with Crippen molar-refractivity contribution in [3.63, 3.8) is 0 Å². The summed E-state index contributed by atoms with van der Waals surface area (Å²) in [6.07, 6.45) is 0. The van der Waals surface area contributed by atoms with Crippen molar-refractivity contribution in [1.82, 2.24) is 29.3 Å². The Morgan fingerprint density at radius 2 is 0.638 bits per heavy atom. The van der Waals surface area contributed by atoms with E-state index in [0.29, 0.717) is 0 Å². The molecule has 0 spiro atoms. The molecule has 3 aromatic carbocycles. The van der Waals surface area contributed by atoms with Gasteiger partial charge in [0.25, 0.3) is 0 Å². The summed E-state index contributed by atoms with van der Waals surface area (Å²) < 4.78 is 5.86. The molecular weight excluding hydrogens is 611 g/mol. The standard InChI is InChI=1S/C18H27BN6.3C7H7.Ti/c1-10-13(4)23(7)20-16(10)19(17-11(2)14(5)24(8)21-17)18-12(3)15(6)25(9)22-18;3*1-7-5-3-2-4-6-7;/h1-9H3;3*2-6H,1H2;/q;3*-1;+3. The third-order valence-corrected chi connectivity index (χ3v) is 8.36. The molecule has 241 valence electrons. The van der Waals surface area contributed by atoms with Gasteiger partial charge in [0, 0.05) is 55.0 Å². The summed E-state index contributed by atoms with van der Waals surface area (Å²) in [5, 5.41) is 14.5. The number of hydrogen-bond donors (Lipinski definition) is 0. The SMILES string of the molecule is Cc1c(B(c2nn(C)c(C)c2C)c2nn(C)c(C)c2C)nn(C)c1C.[CH2-]c1ccccc1.[CH2-]c1ccccc1.[CH2-]c1ccccc1.[Ti+3]. The number of aryl methyl sites for hydroxylation is 3. The second-order valence-electron chi connectivity index (χ2n) is 11.5. The summed E-state index contributed by atoms with van der Waals surface area (Å²) in [7, 11) is 5.99. The molecule has 0 saturated carbocycles. The third kappa shape index (κ3) is 10.3. The predicted molar refractivity (Wildman–Crippen MR) is 195 cm³/mol. The summed E-state index contributed by atoms with van der Waals surface area (Å²) in [5.74, 6) is 0. The van der Waals surface area contributed by atoms with Gasteiger partial charge in [-0.25, -0.2) is 0 Å². The molecule has 6 nitrogen and oxygen atoms in total. The molecule has 0 bridgehead atoms. The van der Waals surface area contributed by atoms with E-state index < -0.39 is 0 Å². The van der Waals surface area contributed by atoms with E-state index in [-0.39, 0.29) is 28.4 Å². The summed E-state index contributed by atoms with van der Waals surface area (Å²) in [4.78, 5) is 0. The molecule has 0 aliphatic heterocycles. The van der Waals surface area contributed by atoms with Crippen LogP contribution in [0.5, 0.6) is 0 Å². The van der Waals surface area contributed by atoms with Crippen LogP contribution in [0.4, 0.5) is 0 Å². The number of hydrogen-bond acceptors (Lipinski definition) is 3. The fraction of sp³-hybridized carbons (Fsp3) is 0.231. The van der Waals surface area contributed by atoms with Gasteiger partial charge in [0.2, 0.25) is 0 Å². The molecule has 47 heavy (non-hydrogen) atoms. The molecule has 0 fully saturated rings. The maximum Gasteiger partial charge on any atom is 3.00 e. The van der Waals surface area contributed by atoms with E-state index >= 15 is 0 Å². The zero-order valence-electron chi connectivity index (χ0n) is 29.5. The van der Waals surface area contributed by atoms with Crippen molar-refractivity contribution < 1.29 is 21.7 Å². The van der Waals surface area contributed by atoms with Gasteiger partial charge in [-0.1, -0.05) is 18.2 Å². The van der Waals surface area contributed by atoms with Gasteiger partial charge < -0.3 is 0 Å². The van der Waals surface area contributed by atoms with Gasteiger partial charge in [-0.2, -0.15) is 89.2 Å². The Kier molecular flexibility index (Phi) is 15.0.